The second-order valence-electron chi connectivity index (χ2n) is 10.1. The molecule has 1 atom stereocenters. The normalized spacial score (nSPS) is 14.6. The third-order valence-electron chi connectivity index (χ3n) is 7.33. The number of benzene rings is 3. The number of thiazole rings is 1. The van der Waals surface area contributed by atoms with Gasteiger partial charge in [0.1, 0.15) is 11.5 Å². The lowest BCUT2D eigenvalue weighted by Gasteiger charge is -2.24. The van der Waals surface area contributed by atoms with E-state index >= 15 is 0 Å². The summed E-state index contributed by atoms with van der Waals surface area (Å²) in [4.78, 5) is 44.5. The molecule has 45 heavy (non-hydrogen) atoms. The molecule has 0 spiro atoms. The van der Waals surface area contributed by atoms with Crippen molar-refractivity contribution in [3.05, 3.63) is 139 Å². The Morgan fingerprint density at radius 3 is 2.38 bits per heavy atom. The molecule has 226 valence electrons. The molecule has 0 saturated heterocycles. The monoisotopic (exact) mass is 622 g/mol. The first-order chi connectivity index (χ1) is 21.8. The zero-order valence-electron chi connectivity index (χ0n) is 24.6. The molecule has 5 aromatic rings. The summed E-state index contributed by atoms with van der Waals surface area (Å²) in [6.07, 6.45) is 3.54. The van der Waals surface area contributed by atoms with Crippen LogP contribution < -0.4 is 14.9 Å². The van der Waals surface area contributed by atoms with E-state index in [2.05, 4.69) is 4.99 Å². The van der Waals surface area contributed by atoms with Gasteiger partial charge in [0.2, 0.25) is 0 Å². The molecule has 0 aliphatic carbocycles. The van der Waals surface area contributed by atoms with Crippen molar-refractivity contribution in [3.63, 3.8) is 0 Å². The number of allylic oxidation sites excluding steroid dienone is 1. The molecule has 1 aliphatic rings. The van der Waals surface area contributed by atoms with E-state index in [0.717, 1.165) is 5.69 Å². The zero-order valence-corrected chi connectivity index (χ0v) is 25.4. The van der Waals surface area contributed by atoms with Crippen LogP contribution in [0.2, 0.25) is 0 Å². The molecule has 3 aromatic carbocycles. The van der Waals surface area contributed by atoms with Gasteiger partial charge < -0.3 is 9.47 Å². The summed E-state index contributed by atoms with van der Waals surface area (Å²) in [6.45, 7) is 3.55. The van der Waals surface area contributed by atoms with E-state index in [1.165, 1.54) is 35.1 Å². The number of aromatic nitrogens is 3. The highest BCUT2D eigenvalue weighted by Crippen LogP contribution is 2.31. The average Bonchev–Trinajstić information content (AvgIpc) is 3.61. The van der Waals surface area contributed by atoms with Crippen LogP contribution in [0.3, 0.4) is 0 Å². The zero-order chi connectivity index (χ0) is 31.7. The van der Waals surface area contributed by atoms with Crippen molar-refractivity contribution in [1.82, 2.24) is 14.3 Å². The summed E-state index contributed by atoms with van der Waals surface area (Å²) in [5, 5.41) is 4.78. The van der Waals surface area contributed by atoms with Crippen molar-refractivity contribution in [1.29, 1.82) is 0 Å². The Labute approximate surface area is 260 Å². The minimum atomic E-state index is -0.849. The summed E-state index contributed by atoms with van der Waals surface area (Å²) >= 11 is 1.18. The Balaban J connectivity index is 1.54. The van der Waals surface area contributed by atoms with Crippen LogP contribution in [0.1, 0.15) is 41.4 Å². The minimum absolute atomic E-state index is 0.144. The van der Waals surface area contributed by atoms with E-state index in [4.69, 9.17) is 14.6 Å². The number of hydrogen-bond donors (Lipinski definition) is 0. The first-order valence-corrected chi connectivity index (χ1v) is 14.9. The van der Waals surface area contributed by atoms with Gasteiger partial charge in [0.05, 0.1) is 46.8 Å². The molecule has 2 aromatic heterocycles. The number of carbonyl (C=O) groups excluding carboxylic acids is 2. The third kappa shape index (κ3) is 5.65. The van der Waals surface area contributed by atoms with Crippen LogP contribution in [-0.2, 0) is 14.3 Å². The van der Waals surface area contributed by atoms with Crippen molar-refractivity contribution in [2.24, 2.45) is 4.99 Å². The molecule has 0 N–H and O–H groups in total. The number of ether oxygens (including phenoxy) is 2. The summed E-state index contributed by atoms with van der Waals surface area (Å²) in [5.74, 6) is -1.46. The van der Waals surface area contributed by atoms with Gasteiger partial charge in [-0.05, 0) is 74.0 Å². The summed E-state index contributed by atoms with van der Waals surface area (Å²) in [7, 11) is 1.30. The Bertz CT molecular complexity index is 2130. The minimum Gasteiger partial charge on any atom is -0.465 e. The number of esters is 2. The van der Waals surface area contributed by atoms with Gasteiger partial charge in [0.25, 0.3) is 5.56 Å². The van der Waals surface area contributed by atoms with Crippen molar-refractivity contribution in [2.45, 2.75) is 19.9 Å². The maximum absolute atomic E-state index is 14.2. The van der Waals surface area contributed by atoms with Gasteiger partial charge in [-0.2, -0.15) is 5.10 Å². The van der Waals surface area contributed by atoms with Crippen LogP contribution >= 0.6 is 11.3 Å². The predicted octanol–water partition coefficient (Wildman–Crippen LogP) is 4.58. The average molecular weight is 623 g/mol. The number of hydrogen-bond acceptors (Lipinski definition) is 8. The molecule has 0 amide bonds. The van der Waals surface area contributed by atoms with Gasteiger partial charge in [-0.25, -0.2) is 23.7 Å². The van der Waals surface area contributed by atoms with Gasteiger partial charge in [-0.3, -0.25) is 9.36 Å². The van der Waals surface area contributed by atoms with E-state index in [1.807, 2.05) is 36.5 Å². The summed E-state index contributed by atoms with van der Waals surface area (Å²) in [5.41, 5.74) is 3.89. The topological polar surface area (TPSA) is 105 Å². The maximum Gasteiger partial charge on any atom is 0.338 e. The Kier molecular flexibility index (Phi) is 8.10. The number of para-hydroxylation sites is 1. The van der Waals surface area contributed by atoms with Crippen LogP contribution in [-0.4, -0.2) is 40.0 Å². The summed E-state index contributed by atoms with van der Waals surface area (Å²) < 4.78 is 27.5. The van der Waals surface area contributed by atoms with Crippen molar-refractivity contribution in [2.75, 3.05) is 13.7 Å². The van der Waals surface area contributed by atoms with Crippen molar-refractivity contribution >= 4 is 29.4 Å². The van der Waals surface area contributed by atoms with E-state index in [9.17, 15) is 18.8 Å². The van der Waals surface area contributed by atoms with E-state index in [0.29, 0.717) is 43.0 Å². The molecule has 1 aliphatic heterocycles. The lowest BCUT2D eigenvalue weighted by atomic mass is 9.95. The SMILES string of the molecule is CCOC(=O)C1=C(C)N=c2sc(=Cc3cn(-c4ccccc4)nc3-c3ccc(F)cc3)c(=O)n2C1c1ccc(C(=O)OC)cc1. The smallest absolute Gasteiger partial charge is 0.338 e. The molecule has 0 fully saturated rings. The predicted molar refractivity (Wildman–Crippen MR) is 167 cm³/mol. The van der Waals surface area contributed by atoms with E-state index < -0.39 is 18.0 Å². The van der Waals surface area contributed by atoms with Gasteiger partial charge in [0.15, 0.2) is 4.80 Å². The van der Waals surface area contributed by atoms with Crippen molar-refractivity contribution in [3.8, 4) is 16.9 Å². The highest BCUT2D eigenvalue weighted by Gasteiger charge is 2.33. The van der Waals surface area contributed by atoms with Crippen LogP contribution in [0.5, 0.6) is 0 Å². The molecule has 9 nitrogen and oxygen atoms in total. The molecule has 3 heterocycles. The molecule has 0 bridgehead atoms. The van der Waals surface area contributed by atoms with E-state index in [-0.39, 0.29) is 23.6 Å². The van der Waals surface area contributed by atoms with E-state index in [1.54, 1.807) is 61.0 Å². The molecule has 6 rings (SSSR count). The van der Waals surface area contributed by atoms with Crippen LogP contribution in [0.15, 0.2) is 106 Å². The van der Waals surface area contributed by atoms with Crippen LogP contribution in [0, 0.1) is 5.82 Å². The highest BCUT2D eigenvalue weighted by atomic mass is 32.1. The molecular formula is C34H27FN4O5S. The lowest BCUT2D eigenvalue weighted by Crippen LogP contribution is -2.40. The standard InChI is InChI=1S/C34H27FN4O5S/c1-4-44-33(42)28-20(2)36-34-39(30(28)22-10-12-23(13-11-22)32(41)43-3)31(40)27(45-34)18-24-19-38(26-8-6-5-7-9-26)37-29(24)21-14-16-25(35)17-15-21/h5-19,30H,4H2,1-3H3. The second kappa shape index (κ2) is 12.3. The highest BCUT2D eigenvalue weighted by molar-refractivity contribution is 7.07. The molecule has 0 saturated carbocycles. The Morgan fingerprint density at radius 1 is 1.00 bits per heavy atom. The van der Waals surface area contributed by atoms with Gasteiger partial charge in [-0.1, -0.05) is 41.7 Å². The molecule has 11 heteroatoms. The third-order valence-corrected chi connectivity index (χ3v) is 8.32. The maximum atomic E-state index is 14.2. The fourth-order valence-electron chi connectivity index (χ4n) is 5.21. The Hall–Kier alpha value is -5.42. The van der Waals surface area contributed by atoms with Gasteiger partial charge in [-0.15, -0.1) is 0 Å². The number of carbonyl (C=O) groups is 2. The number of methoxy groups -OCH3 is 1. The summed E-state index contributed by atoms with van der Waals surface area (Å²) in [6, 6.07) is 21.2. The number of halogens is 1. The largest absolute Gasteiger partial charge is 0.465 e. The fourth-order valence-corrected chi connectivity index (χ4v) is 6.24. The number of rotatable bonds is 7. The van der Waals surface area contributed by atoms with Crippen molar-refractivity contribution < 1.29 is 23.5 Å². The first kappa shape index (κ1) is 29.6. The van der Waals surface area contributed by atoms with Gasteiger partial charge >= 0.3 is 11.9 Å². The molecular weight excluding hydrogens is 595 g/mol. The lowest BCUT2D eigenvalue weighted by molar-refractivity contribution is -0.139. The van der Waals surface area contributed by atoms with Crippen LogP contribution in [0.25, 0.3) is 23.0 Å². The second-order valence-corrected chi connectivity index (χ2v) is 11.1. The quantitative estimate of drug-likeness (QED) is 0.246. The molecule has 1 unspecified atom stereocenters. The van der Waals surface area contributed by atoms with Crippen LogP contribution in [0.4, 0.5) is 4.39 Å². The number of nitrogens with zero attached hydrogens (tertiary/aromatic N) is 4. The fraction of sp³-hybridized carbons (Fsp3) is 0.147. The van der Waals surface area contributed by atoms with Gasteiger partial charge in [0, 0.05) is 17.3 Å². The Morgan fingerprint density at radius 2 is 1.71 bits per heavy atom. The first-order valence-electron chi connectivity index (χ1n) is 14.1. The molecule has 0 radical (unpaired) electrons. The number of fused-ring (bicyclic) bond motifs is 1.